The summed E-state index contributed by atoms with van der Waals surface area (Å²) in [6.45, 7) is 7.08. The molecule has 94 valence electrons. The Morgan fingerprint density at radius 3 is 2.71 bits per heavy atom. The molecule has 3 unspecified atom stereocenters. The summed E-state index contributed by atoms with van der Waals surface area (Å²) >= 11 is 3.91. The molecule has 0 saturated heterocycles. The van der Waals surface area contributed by atoms with Gasteiger partial charge in [-0.05, 0) is 41.7 Å². The van der Waals surface area contributed by atoms with Crippen molar-refractivity contribution < 1.29 is 0 Å². The molecule has 1 fully saturated rings. The van der Waals surface area contributed by atoms with E-state index in [0.29, 0.717) is 10.7 Å². The highest BCUT2D eigenvalue weighted by Gasteiger charge is 2.38. The Bertz CT molecular complexity index is 360. The highest BCUT2D eigenvalue weighted by molar-refractivity contribution is 9.09. The molecule has 0 aliphatic heterocycles. The number of halogens is 1. The van der Waals surface area contributed by atoms with Crippen molar-refractivity contribution in [3.05, 3.63) is 30.1 Å². The lowest BCUT2D eigenvalue weighted by molar-refractivity contribution is 0.213. The fourth-order valence-electron chi connectivity index (χ4n) is 3.08. The van der Waals surface area contributed by atoms with E-state index in [2.05, 4.69) is 47.8 Å². The minimum absolute atomic E-state index is 0.211. The predicted molar refractivity (Wildman–Crippen MR) is 76.5 cm³/mol. The van der Waals surface area contributed by atoms with Crippen LogP contribution in [0.5, 0.6) is 0 Å². The molecule has 1 nitrogen and oxygen atoms in total. The van der Waals surface area contributed by atoms with Gasteiger partial charge in [0.2, 0.25) is 0 Å². The number of nitrogens with zero attached hydrogens (tertiary/aromatic N) is 1. The van der Waals surface area contributed by atoms with E-state index in [1.54, 1.807) is 0 Å². The van der Waals surface area contributed by atoms with Gasteiger partial charge in [-0.3, -0.25) is 4.98 Å². The largest absolute Gasteiger partial charge is 0.264 e. The zero-order valence-corrected chi connectivity index (χ0v) is 12.6. The van der Waals surface area contributed by atoms with Crippen molar-refractivity contribution in [3.63, 3.8) is 0 Å². The van der Waals surface area contributed by atoms with Crippen LogP contribution in [0.1, 0.15) is 45.6 Å². The fraction of sp³-hybridized carbons (Fsp3) is 0.667. The zero-order chi connectivity index (χ0) is 12.5. The zero-order valence-electron chi connectivity index (χ0n) is 11.0. The molecule has 3 atom stereocenters. The first kappa shape index (κ1) is 13.1. The molecule has 1 aliphatic carbocycles. The maximum absolute atomic E-state index is 4.27. The van der Waals surface area contributed by atoms with Gasteiger partial charge in [0.25, 0.3) is 0 Å². The highest BCUT2D eigenvalue weighted by Crippen LogP contribution is 2.44. The smallest absolute Gasteiger partial charge is 0.0305 e. The van der Waals surface area contributed by atoms with Crippen molar-refractivity contribution in [3.8, 4) is 0 Å². The molecule has 0 bridgehead atoms. The van der Waals surface area contributed by atoms with E-state index in [9.17, 15) is 0 Å². The number of hydrogen-bond donors (Lipinski definition) is 0. The molecule has 1 aromatic heterocycles. The number of hydrogen-bond acceptors (Lipinski definition) is 1. The number of aromatic nitrogens is 1. The van der Waals surface area contributed by atoms with Gasteiger partial charge >= 0.3 is 0 Å². The Kier molecular flexibility index (Phi) is 3.92. The van der Waals surface area contributed by atoms with Crippen molar-refractivity contribution in [2.45, 2.75) is 50.3 Å². The summed E-state index contributed by atoms with van der Waals surface area (Å²) in [7, 11) is 0. The Labute approximate surface area is 113 Å². The van der Waals surface area contributed by atoms with Gasteiger partial charge in [-0.15, -0.1) is 0 Å². The van der Waals surface area contributed by atoms with E-state index in [1.165, 1.54) is 24.8 Å². The molecular weight excluding hydrogens is 274 g/mol. The average Bonchev–Trinajstić information content (AvgIpc) is 2.29. The molecule has 0 spiro atoms. The van der Waals surface area contributed by atoms with Gasteiger partial charge in [0, 0.05) is 17.2 Å². The highest BCUT2D eigenvalue weighted by atomic mass is 79.9. The monoisotopic (exact) mass is 295 g/mol. The second kappa shape index (κ2) is 5.09. The summed E-state index contributed by atoms with van der Waals surface area (Å²) in [5, 5.41) is 0. The predicted octanol–water partition coefficient (Wildman–Crippen LogP) is 4.56. The minimum Gasteiger partial charge on any atom is -0.264 e. The Hall–Kier alpha value is -0.370. The minimum atomic E-state index is 0.211. The lowest BCUT2D eigenvalue weighted by Crippen LogP contribution is -2.38. The number of rotatable bonds is 2. The van der Waals surface area contributed by atoms with Crippen LogP contribution in [0, 0.1) is 11.8 Å². The van der Waals surface area contributed by atoms with Crippen LogP contribution in [0.4, 0.5) is 0 Å². The second-order valence-electron chi connectivity index (χ2n) is 6.00. The van der Waals surface area contributed by atoms with Crippen molar-refractivity contribution >= 4 is 15.9 Å². The molecule has 0 N–H and O–H groups in total. The Morgan fingerprint density at radius 1 is 1.35 bits per heavy atom. The van der Waals surface area contributed by atoms with E-state index in [4.69, 9.17) is 0 Å². The number of pyridine rings is 1. The summed E-state index contributed by atoms with van der Waals surface area (Å²) in [5.41, 5.74) is 1.58. The first-order valence-electron chi connectivity index (χ1n) is 6.56. The lowest BCUT2D eigenvalue weighted by Gasteiger charge is -2.42. The van der Waals surface area contributed by atoms with Crippen molar-refractivity contribution in [2.24, 2.45) is 11.8 Å². The van der Waals surface area contributed by atoms with E-state index in [-0.39, 0.29) is 5.41 Å². The molecule has 1 saturated carbocycles. The quantitative estimate of drug-likeness (QED) is 0.729. The lowest BCUT2D eigenvalue weighted by atomic mass is 9.66. The van der Waals surface area contributed by atoms with E-state index in [0.717, 1.165) is 5.92 Å². The van der Waals surface area contributed by atoms with Gasteiger partial charge in [-0.1, -0.05) is 49.2 Å². The van der Waals surface area contributed by atoms with Crippen LogP contribution < -0.4 is 0 Å². The maximum atomic E-state index is 4.27. The van der Waals surface area contributed by atoms with Crippen LogP contribution in [0.3, 0.4) is 0 Å². The van der Waals surface area contributed by atoms with E-state index < -0.39 is 0 Å². The molecule has 2 rings (SSSR count). The molecule has 0 aromatic carbocycles. The summed E-state index contributed by atoms with van der Waals surface area (Å²) < 4.78 is 0. The molecule has 1 aliphatic rings. The van der Waals surface area contributed by atoms with Crippen LogP contribution in [-0.2, 0) is 5.41 Å². The van der Waals surface area contributed by atoms with Gasteiger partial charge < -0.3 is 0 Å². The van der Waals surface area contributed by atoms with Crippen molar-refractivity contribution in [2.75, 3.05) is 0 Å². The van der Waals surface area contributed by atoms with Crippen LogP contribution in [0.25, 0.3) is 0 Å². The molecule has 17 heavy (non-hydrogen) atoms. The summed E-state index contributed by atoms with van der Waals surface area (Å²) in [4.78, 5) is 4.91. The average molecular weight is 296 g/mol. The molecule has 0 amide bonds. The third kappa shape index (κ3) is 2.73. The topological polar surface area (TPSA) is 12.9 Å². The Balaban J connectivity index is 2.21. The normalized spacial score (nSPS) is 30.2. The number of alkyl halides is 1. The van der Waals surface area contributed by atoms with Crippen molar-refractivity contribution in [1.82, 2.24) is 4.98 Å². The molecule has 1 heterocycles. The summed E-state index contributed by atoms with van der Waals surface area (Å²) in [6.07, 6.45) is 7.86. The van der Waals surface area contributed by atoms with Crippen LogP contribution in [0.15, 0.2) is 24.5 Å². The van der Waals surface area contributed by atoms with E-state index in [1.807, 2.05) is 18.5 Å². The maximum Gasteiger partial charge on any atom is 0.0305 e. The molecular formula is C15H22BrN. The summed E-state index contributed by atoms with van der Waals surface area (Å²) in [5.74, 6) is 1.57. The standard InChI is InChI=1S/C15H22BrN/c1-11-6-7-13(14(16)9-11)15(2,3)12-5-4-8-17-10-12/h4-5,8,10-11,13-14H,6-7,9H2,1-3H3. The third-order valence-corrected chi connectivity index (χ3v) is 5.38. The molecule has 1 aromatic rings. The Morgan fingerprint density at radius 2 is 2.12 bits per heavy atom. The van der Waals surface area contributed by atoms with E-state index >= 15 is 0 Å². The fourth-order valence-corrected chi connectivity index (χ4v) is 4.65. The summed E-state index contributed by atoms with van der Waals surface area (Å²) in [6, 6.07) is 4.26. The SMILES string of the molecule is CC1CCC(C(C)(C)c2cccnc2)C(Br)C1. The van der Waals surface area contributed by atoms with Crippen LogP contribution >= 0.6 is 15.9 Å². The van der Waals surface area contributed by atoms with Gasteiger partial charge in [-0.2, -0.15) is 0 Å². The first-order valence-corrected chi connectivity index (χ1v) is 7.48. The van der Waals surface area contributed by atoms with Gasteiger partial charge in [-0.25, -0.2) is 0 Å². The second-order valence-corrected chi connectivity index (χ2v) is 7.18. The van der Waals surface area contributed by atoms with Crippen molar-refractivity contribution in [1.29, 1.82) is 0 Å². The molecule has 0 radical (unpaired) electrons. The molecule has 2 heteroatoms. The first-order chi connectivity index (χ1) is 8.01. The van der Waals surface area contributed by atoms with Gasteiger partial charge in [0.15, 0.2) is 0 Å². The van der Waals surface area contributed by atoms with Crippen LogP contribution in [0.2, 0.25) is 0 Å². The van der Waals surface area contributed by atoms with Gasteiger partial charge in [0.1, 0.15) is 0 Å². The van der Waals surface area contributed by atoms with Gasteiger partial charge in [0.05, 0.1) is 0 Å². The third-order valence-electron chi connectivity index (χ3n) is 4.37. The van der Waals surface area contributed by atoms with Crippen LogP contribution in [-0.4, -0.2) is 9.81 Å².